The minimum absolute atomic E-state index is 0.325. The Balaban J connectivity index is 2.78. The lowest BCUT2D eigenvalue weighted by Gasteiger charge is -2.19. The zero-order valence-electron chi connectivity index (χ0n) is 10.3. The molecule has 0 saturated heterocycles. The van der Waals surface area contributed by atoms with Crippen LogP contribution in [0.2, 0.25) is 0 Å². The lowest BCUT2D eigenvalue weighted by molar-refractivity contribution is 0.00696. The average molecular weight is 205 g/mol. The zero-order valence-corrected chi connectivity index (χ0v) is 9.28. The third kappa shape index (κ3) is 3.58. The molecule has 15 heavy (non-hydrogen) atoms. The van der Waals surface area contributed by atoms with Gasteiger partial charge >= 0.3 is 5.97 Å². The van der Waals surface area contributed by atoms with Crippen LogP contribution in [0.3, 0.4) is 0 Å². The van der Waals surface area contributed by atoms with Gasteiger partial charge in [-0.2, -0.15) is 0 Å². The van der Waals surface area contributed by atoms with Crippen LogP contribution in [-0.2, 0) is 4.74 Å². The fraction of sp³-hybridized carbons (Fsp3) is 0.308. The minimum atomic E-state index is -0.475. The van der Waals surface area contributed by atoms with Crippen molar-refractivity contribution in [3.63, 3.8) is 0 Å². The first-order valence-electron chi connectivity index (χ1n) is 5.38. The summed E-state index contributed by atoms with van der Waals surface area (Å²) in [4.78, 5) is 11.7. The predicted octanol–water partition coefficient (Wildman–Crippen LogP) is 3.28. The molecule has 0 aliphatic heterocycles. The smallest absolute Gasteiger partial charge is 0.338 e. The van der Waals surface area contributed by atoms with Crippen LogP contribution in [0.4, 0.5) is 0 Å². The maximum Gasteiger partial charge on any atom is 0.338 e. The van der Waals surface area contributed by atoms with E-state index in [-0.39, 0.29) is 5.97 Å². The largest absolute Gasteiger partial charge is 0.456 e. The lowest BCUT2D eigenvalue weighted by Crippen LogP contribution is -2.23. The second kappa shape index (κ2) is 4.30. The van der Waals surface area contributed by atoms with Crippen LogP contribution in [0, 0.1) is 0 Å². The van der Waals surface area contributed by atoms with Crippen LogP contribution in [0.15, 0.2) is 30.8 Å². The highest BCUT2D eigenvalue weighted by Crippen LogP contribution is 2.13. The van der Waals surface area contributed by atoms with Gasteiger partial charge in [0.2, 0.25) is 0 Å². The van der Waals surface area contributed by atoms with Crippen molar-refractivity contribution in [1.29, 1.82) is 0 Å². The van der Waals surface area contributed by atoms with Gasteiger partial charge in [-0.1, -0.05) is 24.8 Å². The number of hydrogen-bond donors (Lipinski definition) is 0. The fourth-order valence-corrected chi connectivity index (χ4v) is 1.07. The van der Waals surface area contributed by atoms with E-state index < -0.39 is 5.60 Å². The normalized spacial score (nSPS) is 12.6. The van der Waals surface area contributed by atoms with Crippen molar-refractivity contribution < 1.29 is 10.9 Å². The standard InChI is InChI=1S/C13H16O2/c1-5-10-6-8-11(9-7-10)12(14)15-13(2,3)4/h5-9H,1H2,2-4H3/i1D. The Morgan fingerprint density at radius 2 is 2.00 bits per heavy atom. The maximum absolute atomic E-state index is 11.7. The number of esters is 1. The summed E-state index contributed by atoms with van der Waals surface area (Å²) < 4.78 is 12.2. The van der Waals surface area contributed by atoms with Gasteiger partial charge in [0.15, 0.2) is 0 Å². The molecule has 0 atom stereocenters. The molecule has 2 heteroatoms. The molecule has 0 fully saturated rings. The zero-order chi connectivity index (χ0) is 12.2. The number of carbonyl (C=O) groups is 1. The van der Waals surface area contributed by atoms with Crippen molar-refractivity contribution in [1.82, 2.24) is 0 Å². The Kier molecular flexibility index (Phi) is 2.86. The molecule has 0 aromatic heterocycles. The van der Waals surface area contributed by atoms with Gasteiger partial charge < -0.3 is 4.74 Å². The molecule has 0 N–H and O–H groups in total. The summed E-state index contributed by atoms with van der Waals surface area (Å²) in [5.74, 6) is -0.325. The first-order chi connectivity index (χ1) is 7.42. The molecule has 0 unspecified atom stereocenters. The molecule has 0 radical (unpaired) electrons. The van der Waals surface area contributed by atoms with Crippen molar-refractivity contribution in [3.8, 4) is 0 Å². The number of carbonyl (C=O) groups excluding carboxylic acids is 1. The van der Waals surface area contributed by atoms with Gasteiger partial charge in [0, 0.05) is 0 Å². The highest BCUT2D eigenvalue weighted by Gasteiger charge is 2.17. The molecule has 0 bridgehead atoms. The van der Waals surface area contributed by atoms with Crippen LogP contribution in [0.1, 0.15) is 38.1 Å². The third-order valence-electron chi connectivity index (χ3n) is 1.74. The van der Waals surface area contributed by atoms with Crippen LogP contribution >= 0.6 is 0 Å². The molecule has 0 aliphatic carbocycles. The lowest BCUT2D eigenvalue weighted by atomic mass is 10.1. The fourth-order valence-electron chi connectivity index (χ4n) is 1.07. The van der Waals surface area contributed by atoms with E-state index in [1.807, 2.05) is 20.8 Å². The second-order valence-electron chi connectivity index (χ2n) is 4.29. The van der Waals surface area contributed by atoms with Crippen molar-refractivity contribution in [3.05, 3.63) is 41.9 Å². The van der Waals surface area contributed by atoms with Gasteiger partial charge in [-0.15, -0.1) is 0 Å². The monoisotopic (exact) mass is 205 g/mol. The molecule has 0 heterocycles. The summed E-state index contributed by atoms with van der Waals surface area (Å²) in [6.45, 7) is 6.72. The van der Waals surface area contributed by atoms with E-state index in [1.165, 1.54) is 6.55 Å². The van der Waals surface area contributed by atoms with E-state index in [1.54, 1.807) is 30.3 Å². The summed E-state index contributed by atoms with van der Waals surface area (Å²) in [6.07, 6.45) is 1.65. The van der Waals surface area contributed by atoms with Crippen molar-refractivity contribution in [2.75, 3.05) is 0 Å². The summed E-state index contributed by atoms with van der Waals surface area (Å²) >= 11 is 0. The van der Waals surface area contributed by atoms with Crippen LogP contribution in [0.5, 0.6) is 0 Å². The summed E-state index contributed by atoms with van der Waals surface area (Å²) in [5.41, 5.74) is 0.941. The highest BCUT2D eigenvalue weighted by atomic mass is 16.6. The van der Waals surface area contributed by atoms with Crippen molar-refractivity contribution in [2.45, 2.75) is 26.4 Å². The third-order valence-corrected chi connectivity index (χ3v) is 1.74. The minimum Gasteiger partial charge on any atom is -0.456 e. The van der Waals surface area contributed by atoms with Gasteiger partial charge in [0.05, 0.1) is 6.93 Å². The predicted molar refractivity (Wildman–Crippen MR) is 61.7 cm³/mol. The molecular formula is C13H16O2. The molecular weight excluding hydrogens is 188 g/mol. The quantitative estimate of drug-likeness (QED) is 0.692. The summed E-state index contributed by atoms with van der Waals surface area (Å²) in [7, 11) is 0. The molecule has 1 rings (SSSR count). The van der Waals surface area contributed by atoms with Gasteiger partial charge in [0.1, 0.15) is 5.60 Å². The molecule has 0 spiro atoms. The van der Waals surface area contributed by atoms with Crippen LogP contribution in [-0.4, -0.2) is 11.6 Å². The number of rotatable bonds is 2. The van der Waals surface area contributed by atoms with E-state index in [9.17, 15) is 4.79 Å². The molecule has 1 aromatic carbocycles. The Morgan fingerprint density at radius 3 is 2.47 bits per heavy atom. The van der Waals surface area contributed by atoms with Crippen LogP contribution < -0.4 is 0 Å². The maximum atomic E-state index is 11.7. The SMILES string of the molecule is [2H]C=Cc1ccc(C(=O)OC(C)(C)C)cc1. The number of hydrogen-bond acceptors (Lipinski definition) is 2. The summed E-state index contributed by atoms with van der Waals surface area (Å²) in [6, 6.07) is 6.96. The van der Waals surface area contributed by atoms with E-state index in [2.05, 4.69) is 0 Å². The average Bonchev–Trinajstić information content (AvgIpc) is 2.16. The Labute approximate surface area is 92.0 Å². The van der Waals surface area contributed by atoms with E-state index in [0.717, 1.165) is 5.56 Å². The number of benzene rings is 1. The molecule has 80 valence electrons. The first kappa shape index (κ1) is 9.97. The van der Waals surface area contributed by atoms with Gasteiger partial charge in [-0.3, -0.25) is 0 Å². The summed E-state index contributed by atoms with van der Waals surface area (Å²) in [5, 5.41) is 0. The highest BCUT2D eigenvalue weighted by molar-refractivity contribution is 5.89. The molecule has 1 aromatic rings. The van der Waals surface area contributed by atoms with Crippen LogP contribution in [0.25, 0.3) is 6.08 Å². The molecule has 0 amide bonds. The topological polar surface area (TPSA) is 26.3 Å². The van der Waals surface area contributed by atoms with E-state index in [0.29, 0.717) is 5.56 Å². The molecule has 0 saturated carbocycles. The van der Waals surface area contributed by atoms with E-state index >= 15 is 0 Å². The number of ether oxygens (including phenoxy) is 1. The van der Waals surface area contributed by atoms with Gasteiger partial charge in [-0.25, -0.2) is 4.79 Å². The second-order valence-corrected chi connectivity index (χ2v) is 4.29. The Bertz CT molecular complexity index is 385. The van der Waals surface area contributed by atoms with Gasteiger partial charge in [-0.05, 0) is 38.5 Å². The first-order valence-corrected chi connectivity index (χ1v) is 4.81. The van der Waals surface area contributed by atoms with Crippen molar-refractivity contribution in [2.24, 2.45) is 0 Å². The van der Waals surface area contributed by atoms with Crippen molar-refractivity contribution >= 4 is 12.0 Å². The Morgan fingerprint density at radius 1 is 1.40 bits per heavy atom. The van der Waals surface area contributed by atoms with E-state index in [4.69, 9.17) is 6.11 Å². The molecule has 2 nitrogen and oxygen atoms in total. The Hall–Kier alpha value is -1.57. The van der Waals surface area contributed by atoms with Gasteiger partial charge in [0.25, 0.3) is 0 Å². The molecule has 0 aliphatic rings.